The highest BCUT2D eigenvalue weighted by atomic mass is 79.9. The number of urea groups is 1. The lowest BCUT2D eigenvalue weighted by Crippen LogP contribution is -2.54. The summed E-state index contributed by atoms with van der Waals surface area (Å²) in [7, 11) is 1.48. The number of imide groups is 2. The number of hydrogen-bond acceptors (Lipinski definition) is 5. The lowest BCUT2D eigenvalue weighted by molar-refractivity contribution is -0.122. The summed E-state index contributed by atoms with van der Waals surface area (Å²) < 4.78 is 12.0. The van der Waals surface area contributed by atoms with Crippen LogP contribution in [0.3, 0.4) is 0 Å². The average Bonchev–Trinajstić information content (AvgIpc) is 2.81. The first-order valence-corrected chi connectivity index (χ1v) is 11.7. The summed E-state index contributed by atoms with van der Waals surface area (Å²) in [6, 6.07) is 16.7. The molecule has 0 bridgehead atoms. The largest absolute Gasteiger partial charge is 0.493 e. The van der Waals surface area contributed by atoms with Gasteiger partial charge in [0.2, 0.25) is 0 Å². The summed E-state index contributed by atoms with van der Waals surface area (Å²) in [4.78, 5) is 39.1. The smallest absolute Gasteiger partial charge is 0.335 e. The maximum absolute atomic E-state index is 13.2. The summed E-state index contributed by atoms with van der Waals surface area (Å²) >= 11 is 9.69. The number of rotatable bonds is 6. The Labute approximate surface area is 215 Å². The van der Waals surface area contributed by atoms with E-state index in [4.69, 9.17) is 21.1 Å². The van der Waals surface area contributed by atoms with E-state index >= 15 is 0 Å². The molecule has 1 aliphatic rings. The van der Waals surface area contributed by atoms with Crippen molar-refractivity contribution >= 4 is 57.1 Å². The van der Waals surface area contributed by atoms with Crippen molar-refractivity contribution in [3.63, 3.8) is 0 Å². The van der Waals surface area contributed by atoms with E-state index in [9.17, 15) is 14.4 Å². The number of carbonyl (C=O) groups excluding carboxylic acids is 3. The van der Waals surface area contributed by atoms with Gasteiger partial charge in [0, 0.05) is 10.6 Å². The lowest BCUT2D eigenvalue weighted by Gasteiger charge is -2.26. The van der Waals surface area contributed by atoms with Crippen LogP contribution in [-0.4, -0.2) is 25.0 Å². The molecule has 3 aromatic carbocycles. The van der Waals surface area contributed by atoms with Gasteiger partial charge in [-0.05, 0) is 70.4 Å². The van der Waals surface area contributed by atoms with E-state index in [1.54, 1.807) is 36.4 Å². The minimum Gasteiger partial charge on any atom is -0.493 e. The number of hydrogen-bond donors (Lipinski definition) is 1. The predicted octanol–water partition coefficient (Wildman–Crippen LogP) is 5.66. The van der Waals surface area contributed by atoms with E-state index < -0.39 is 17.8 Å². The Hall–Kier alpha value is -3.62. The Morgan fingerprint density at radius 2 is 1.83 bits per heavy atom. The quantitative estimate of drug-likeness (QED) is 0.313. The van der Waals surface area contributed by atoms with E-state index in [-0.39, 0.29) is 12.2 Å². The monoisotopic (exact) mass is 554 g/mol. The Kier molecular flexibility index (Phi) is 7.23. The van der Waals surface area contributed by atoms with E-state index in [1.165, 1.54) is 13.2 Å². The highest BCUT2D eigenvalue weighted by Gasteiger charge is 2.36. The molecule has 3 aromatic rings. The van der Waals surface area contributed by atoms with Crippen molar-refractivity contribution in [3.8, 4) is 11.5 Å². The molecule has 0 radical (unpaired) electrons. The van der Waals surface area contributed by atoms with Gasteiger partial charge in [-0.3, -0.25) is 14.9 Å². The molecule has 1 heterocycles. The van der Waals surface area contributed by atoms with E-state index in [1.807, 2.05) is 31.2 Å². The SMILES string of the molecule is COc1cc(/C=C2/C(=O)NC(=O)N(c3cccc(C)c3)C2=O)cc(Br)c1OCc1ccccc1Cl. The molecule has 0 saturated carbocycles. The number of halogens is 2. The van der Waals surface area contributed by atoms with Crippen LogP contribution in [0.2, 0.25) is 5.02 Å². The zero-order chi connectivity index (χ0) is 25.1. The van der Waals surface area contributed by atoms with Crippen molar-refractivity contribution < 1.29 is 23.9 Å². The van der Waals surface area contributed by atoms with Crippen LogP contribution in [0.5, 0.6) is 11.5 Å². The molecular formula is C26H20BrClN2O5. The topological polar surface area (TPSA) is 84.9 Å². The van der Waals surface area contributed by atoms with Gasteiger partial charge in [-0.2, -0.15) is 0 Å². The minimum absolute atomic E-state index is 0.190. The average molecular weight is 556 g/mol. The number of anilines is 1. The minimum atomic E-state index is -0.801. The van der Waals surface area contributed by atoms with Gasteiger partial charge >= 0.3 is 6.03 Å². The predicted molar refractivity (Wildman–Crippen MR) is 137 cm³/mol. The zero-order valence-electron chi connectivity index (χ0n) is 18.8. The Morgan fingerprint density at radius 1 is 1.06 bits per heavy atom. The summed E-state index contributed by atoms with van der Waals surface area (Å²) in [5.41, 5.74) is 2.35. The third-order valence-electron chi connectivity index (χ3n) is 5.25. The number of aryl methyl sites for hydroxylation is 1. The maximum atomic E-state index is 13.2. The standard InChI is InChI=1S/C26H20BrClN2O5/c1-15-6-5-8-18(10-15)30-25(32)19(24(31)29-26(30)33)11-16-12-20(27)23(22(13-16)34-2)35-14-17-7-3-4-9-21(17)28/h3-13H,14H2,1-2H3,(H,29,31,33)/b19-11-. The number of nitrogens with zero attached hydrogens (tertiary/aromatic N) is 1. The molecule has 0 aromatic heterocycles. The first kappa shape index (κ1) is 24.5. The van der Waals surface area contributed by atoms with Gasteiger partial charge in [-0.25, -0.2) is 9.69 Å². The van der Waals surface area contributed by atoms with Crippen LogP contribution in [0, 0.1) is 6.92 Å². The molecule has 0 atom stereocenters. The van der Waals surface area contributed by atoms with Crippen LogP contribution in [0.4, 0.5) is 10.5 Å². The fourth-order valence-corrected chi connectivity index (χ4v) is 4.32. The molecule has 0 unspecified atom stereocenters. The van der Waals surface area contributed by atoms with Crippen molar-refractivity contribution in [2.24, 2.45) is 0 Å². The number of amides is 4. The molecule has 4 amide bonds. The number of nitrogens with one attached hydrogen (secondary N) is 1. The molecule has 35 heavy (non-hydrogen) atoms. The highest BCUT2D eigenvalue weighted by Crippen LogP contribution is 2.38. The van der Waals surface area contributed by atoms with Crippen LogP contribution in [0.1, 0.15) is 16.7 Å². The normalized spacial score (nSPS) is 14.8. The summed E-state index contributed by atoms with van der Waals surface area (Å²) in [6.45, 7) is 2.06. The number of carbonyl (C=O) groups is 3. The van der Waals surface area contributed by atoms with Gasteiger partial charge in [0.1, 0.15) is 12.2 Å². The molecule has 0 aliphatic carbocycles. The van der Waals surface area contributed by atoms with Gasteiger partial charge in [0.15, 0.2) is 11.5 Å². The Morgan fingerprint density at radius 3 is 2.54 bits per heavy atom. The molecule has 9 heteroatoms. The number of barbiturate groups is 1. The highest BCUT2D eigenvalue weighted by molar-refractivity contribution is 9.10. The molecule has 1 aliphatic heterocycles. The fraction of sp³-hybridized carbons (Fsp3) is 0.115. The second-order valence-electron chi connectivity index (χ2n) is 7.71. The van der Waals surface area contributed by atoms with Crippen LogP contribution in [0.25, 0.3) is 6.08 Å². The van der Waals surface area contributed by atoms with Gasteiger partial charge in [0.05, 0.1) is 17.3 Å². The Bertz CT molecular complexity index is 1370. The Balaban J connectivity index is 1.65. The molecule has 178 valence electrons. The fourth-order valence-electron chi connectivity index (χ4n) is 3.55. The van der Waals surface area contributed by atoms with Gasteiger partial charge in [0.25, 0.3) is 11.8 Å². The van der Waals surface area contributed by atoms with Crippen LogP contribution < -0.4 is 19.7 Å². The number of ether oxygens (including phenoxy) is 2. The lowest BCUT2D eigenvalue weighted by atomic mass is 10.1. The molecule has 0 spiro atoms. The first-order valence-electron chi connectivity index (χ1n) is 10.5. The van der Waals surface area contributed by atoms with Crippen LogP contribution in [-0.2, 0) is 16.2 Å². The first-order chi connectivity index (χ1) is 16.8. The van der Waals surface area contributed by atoms with Crippen molar-refractivity contribution in [3.05, 3.63) is 92.4 Å². The van der Waals surface area contributed by atoms with Crippen molar-refractivity contribution in [2.45, 2.75) is 13.5 Å². The molecule has 1 saturated heterocycles. The third-order valence-corrected chi connectivity index (χ3v) is 6.21. The number of benzene rings is 3. The van der Waals surface area contributed by atoms with E-state index in [0.29, 0.717) is 32.2 Å². The summed E-state index contributed by atoms with van der Waals surface area (Å²) in [5, 5.41) is 2.81. The molecule has 1 fully saturated rings. The van der Waals surface area contributed by atoms with Gasteiger partial charge in [-0.15, -0.1) is 0 Å². The molecule has 1 N–H and O–H groups in total. The second-order valence-corrected chi connectivity index (χ2v) is 8.97. The molecule has 7 nitrogen and oxygen atoms in total. The van der Waals surface area contributed by atoms with Crippen LogP contribution >= 0.6 is 27.5 Å². The van der Waals surface area contributed by atoms with E-state index in [2.05, 4.69) is 21.2 Å². The summed E-state index contributed by atoms with van der Waals surface area (Å²) in [6.07, 6.45) is 1.40. The maximum Gasteiger partial charge on any atom is 0.335 e. The van der Waals surface area contributed by atoms with Crippen LogP contribution in [0.15, 0.2) is 70.7 Å². The second kappa shape index (κ2) is 10.3. The molecule has 4 rings (SSSR count). The van der Waals surface area contributed by atoms with E-state index in [0.717, 1.165) is 16.0 Å². The van der Waals surface area contributed by atoms with Crippen molar-refractivity contribution in [2.75, 3.05) is 12.0 Å². The zero-order valence-corrected chi connectivity index (χ0v) is 21.1. The van der Waals surface area contributed by atoms with Gasteiger partial charge < -0.3 is 9.47 Å². The molecular weight excluding hydrogens is 536 g/mol. The van der Waals surface area contributed by atoms with Crippen molar-refractivity contribution in [1.29, 1.82) is 0 Å². The summed E-state index contributed by atoms with van der Waals surface area (Å²) in [5.74, 6) is -0.685. The number of methoxy groups -OCH3 is 1. The third kappa shape index (κ3) is 5.23. The van der Waals surface area contributed by atoms with Crippen molar-refractivity contribution in [1.82, 2.24) is 5.32 Å². The van der Waals surface area contributed by atoms with Gasteiger partial charge in [-0.1, -0.05) is 41.9 Å².